The largest absolute Gasteiger partial charge is 0.374 e. The Morgan fingerprint density at radius 2 is 2.18 bits per heavy atom. The fourth-order valence-corrected chi connectivity index (χ4v) is 1.73. The summed E-state index contributed by atoms with van der Waals surface area (Å²) >= 11 is 0. The van der Waals surface area contributed by atoms with E-state index in [1.165, 1.54) is 0 Å². The summed E-state index contributed by atoms with van der Waals surface area (Å²) in [5.74, 6) is 0.0350. The third-order valence-corrected chi connectivity index (χ3v) is 2.76. The van der Waals surface area contributed by atoms with E-state index >= 15 is 0 Å². The third kappa shape index (κ3) is 3.32. The molecule has 3 nitrogen and oxygen atoms in total. The average molecular weight is 230 g/mol. The quantitative estimate of drug-likeness (QED) is 0.730. The predicted molar refractivity (Wildman–Crippen MR) is 69.3 cm³/mol. The molecule has 3 heteroatoms. The molecule has 0 aliphatic carbocycles. The van der Waals surface area contributed by atoms with Gasteiger partial charge in [0.05, 0.1) is 11.6 Å². The summed E-state index contributed by atoms with van der Waals surface area (Å²) in [6.07, 6.45) is 2.18. The predicted octanol–water partition coefficient (Wildman–Crippen LogP) is 3.00. The maximum Gasteiger partial charge on any atom is 0.161 e. The van der Waals surface area contributed by atoms with E-state index in [1.54, 1.807) is 25.1 Å². The number of nitriles is 1. The zero-order valence-electron chi connectivity index (χ0n) is 10.7. The number of carbonyl (C=O) groups is 1. The highest BCUT2D eigenvalue weighted by atomic mass is 16.1. The summed E-state index contributed by atoms with van der Waals surface area (Å²) in [7, 11) is 1.96. The van der Waals surface area contributed by atoms with Gasteiger partial charge in [-0.15, -0.1) is 0 Å². The number of carbonyl (C=O) groups excluding carboxylic acids is 1. The normalized spacial score (nSPS) is 9.76. The molecule has 1 aromatic carbocycles. The first-order valence-corrected chi connectivity index (χ1v) is 5.86. The molecule has 0 N–H and O–H groups in total. The smallest absolute Gasteiger partial charge is 0.161 e. The molecular formula is C14H18N2O. The molecule has 1 aromatic rings. The van der Waals surface area contributed by atoms with Crippen molar-refractivity contribution in [1.82, 2.24) is 0 Å². The van der Waals surface area contributed by atoms with Gasteiger partial charge in [0.2, 0.25) is 0 Å². The SMILES string of the molecule is CCCCN(C)c1cc(C#N)ccc1C(C)=O. The van der Waals surface area contributed by atoms with Gasteiger partial charge in [-0.3, -0.25) is 4.79 Å². The molecule has 90 valence electrons. The molecule has 17 heavy (non-hydrogen) atoms. The van der Waals surface area contributed by atoms with Crippen LogP contribution in [0.15, 0.2) is 18.2 Å². The van der Waals surface area contributed by atoms with Crippen molar-refractivity contribution in [2.45, 2.75) is 26.7 Å². The van der Waals surface area contributed by atoms with Crippen molar-refractivity contribution >= 4 is 11.5 Å². The van der Waals surface area contributed by atoms with Crippen molar-refractivity contribution in [2.24, 2.45) is 0 Å². The second-order valence-corrected chi connectivity index (χ2v) is 4.18. The highest BCUT2D eigenvalue weighted by Crippen LogP contribution is 2.22. The van der Waals surface area contributed by atoms with Gasteiger partial charge >= 0.3 is 0 Å². The monoisotopic (exact) mass is 230 g/mol. The van der Waals surface area contributed by atoms with Gasteiger partial charge < -0.3 is 4.90 Å². The van der Waals surface area contributed by atoms with E-state index in [-0.39, 0.29) is 5.78 Å². The molecule has 1 rings (SSSR count). The number of hydrogen-bond donors (Lipinski definition) is 0. The van der Waals surface area contributed by atoms with Crippen LogP contribution in [0, 0.1) is 11.3 Å². The number of Topliss-reactive ketones (excluding diaryl/α,β-unsaturated/α-hetero) is 1. The van der Waals surface area contributed by atoms with Gasteiger partial charge in [-0.05, 0) is 31.5 Å². The summed E-state index contributed by atoms with van der Waals surface area (Å²) in [6, 6.07) is 7.31. The summed E-state index contributed by atoms with van der Waals surface area (Å²) in [6.45, 7) is 4.58. The molecule has 0 saturated heterocycles. The van der Waals surface area contributed by atoms with Gasteiger partial charge in [-0.2, -0.15) is 5.26 Å². The molecule has 0 aliphatic rings. The van der Waals surface area contributed by atoms with Gasteiger partial charge in [0.15, 0.2) is 5.78 Å². The molecule has 0 aliphatic heterocycles. The standard InChI is InChI=1S/C14H18N2O/c1-4-5-8-16(3)14-9-12(10-15)6-7-13(14)11(2)17/h6-7,9H,4-5,8H2,1-3H3. The third-order valence-electron chi connectivity index (χ3n) is 2.76. The molecule has 0 unspecified atom stereocenters. The lowest BCUT2D eigenvalue weighted by molar-refractivity contribution is 0.101. The molecule has 0 bridgehead atoms. The maximum absolute atomic E-state index is 11.5. The van der Waals surface area contributed by atoms with Crippen LogP contribution in [0.3, 0.4) is 0 Å². The van der Waals surface area contributed by atoms with Gasteiger partial charge in [-0.25, -0.2) is 0 Å². The summed E-state index contributed by atoms with van der Waals surface area (Å²) in [4.78, 5) is 13.6. The van der Waals surface area contributed by atoms with Crippen molar-refractivity contribution in [1.29, 1.82) is 5.26 Å². The Morgan fingerprint density at radius 1 is 1.47 bits per heavy atom. The molecular weight excluding hydrogens is 212 g/mol. The topological polar surface area (TPSA) is 44.1 Å². The average Bonchev–Trinajstić information content (AvgIpc) is 2.34. The molecule has 0 heterocycles. The first-order valence-electron chi connectivity index (χ1n) is 5.86. The Bertz CT molecular complexity index is 446. The van der Waals surface area contributed by atoms with Gasteiger partial charge in [0, 0.05) is 24.8 Å². The van der Waals surface area contributed by atoms with Crippen LogP contribution in [0.25, 0.3) is 0 Å². The summed E-state index contributed by atoms with van der Waals surface area (Å²) < 4.78 is 0. The van der Waals surface area contributed by atoms with E-state index in [1.807, 2.05) is 11.9 Å². The number of ketones is 1. The number of unbranched alkanes of at least 4 members (excludes halogenated alkanes) is 1. The molecule has 0 aromatic heterocycles. The van der Waals surface area contributed by atoms with Crippen LogP contribution in [0.1, 0.15) is 42.6 Å². The van der Waals surface area contributed by atoms with Crippen molar-refractivity contribution in [2.75, 3.05) is 18.5 Å². The molecule has 0 saturated carbocycles. The van der Waals surface area contributed by atoms with E-state index < -0.39 is 0 Å². The van der Waals surface area contributed by atoms with Crippen LogP contribution < -0.4 is 4.90 Å². The van der Waals surface area contributed by atoms with Crippen molar-refractivity contribution in [3.05, 3.63) is 29.3 Å². The summed E-state index contributed by atoms with van der Waals surface area (Å²) in [5.41, 5.74) is 2.13. The highest BCUT2D eigenvalue weighted by molar-refractivity contribution is 5.99. The van der Waals surface area contributed by atoms with E-state index in [4.69, 9.17) is 5.26 Å². The van der Waals surface area contributed by atoms with Crippen LogP contribution in [0.5, 0.6) is 0 Å². The van der Waals surface area contributed by atoms with E-state index in [0.717, 1.165) is 25.1 Å². The fourth-order valence-electron chi connectivity index (χ4n) is 1.73. The minimum atomic E-state index is 0.0350. The first-order chi connectivity index (χ1) is 8.10. The number of nitrogens with zero attached hydrogens (tertiary/aromatic N) is 2. The lowest BCUT2D eigenvalue weighted by atomic mass is 10.1. The Balaban J connectivity index is 3.09. The van der Waals surface area contributed by atoms with Gasteiger partial charge in [-0.1, -0.05) is 13.3 Å². The molecule has 0 fully saturated rings. The van der Waals surface area contributed by atoms with Crippen molar-refractivity contribution in [3.8, 4) is 6.07 Å². The summed E-state index contributed by atoms with van der Waals surface area (Å²) in [5, 5.41) is 8.90. The minimum absolute atomic E-state index is 0.0350. The zero-order valence-corrected chi connectivity index (χ0v) is 10.7. The van der Waals surface area contributed by atoms with Gasteiger partial charge in [0.1, 0.15) is 0 Å². The Labute approximate surface area is 103 Å². The van der Waals surface area contributed by atoms with E-state index in [0.29, 0.717) is 11.1 Å². The number of benzene rings is 1. The Hall–Kier alpha value is -1.82. The highest BCUT2D eigenvalue weighted by Gasteiger charge is 2.11. The fraction of sp³-hybridized carbons (Fsp3) is 0.429. The van der Waals surface area contributed by atoms with E-state index in [2.05, 4.69) is 13.0 Å². The molecule has 0 radical (unpaired) electrons. The Morgan fingerprint density at radius 3 is 2.71 bits per heavy atom. The van der Waals surface area contributed by atoms with Crippen molar-refractivity contribution in [3.63, 3.8) is 0 Å². The number of rotatable bonds is 5. The van der Waals surface area contributed by atoms with Crippen LogP contribution >= 0.6 is 0 Å². The lowest BCUT2D eigenvalue weighted by Crippen LogP contribution is -2.20. The van der Waals surface area contributed by atoms with Crippen LogP contribution in [-0.2, 0) is 0 Å². The van der Waals surface area contributed by atoms with Crippen molar-refractivity contribution < 1.29 is 4.79 Å². The van der Waals surface area contributed by atoms with E-state index in [9.17, 15) is 4.79 Å². The van der Waals surface area contributed by atoms with Gasteiger partial charge in [0.25, 0.3) is 0 Å². The van der Waals surface area contributed by atoms with Crippen LogP contribution in [-0.4, -0.2) is 19.4 Å². The number of hydrogen-bond acceptors (Lipinski definition) is 3. The lowest BCUT2D eigenvalue weighted by Gasteiger charge is -2.21. The Kier molecular flexibility index (Phi) is 4.71. The number of anilines is 1. The molecule has 0 atom stereocenters. The first kappa shape index (κ1) is 13.2. The minimum Gasteiger partial charge on any atom is -0.374 e. The molecule has 0 spiro atoms. The molecule has 0 amide bonds. The van der Waals surface area contributed by atoms with Crippen LogP contribution in [0.4, 0.5) is 5.69 Å². The maximum atomic E-state index is 11.5. The second kappa shape index (κ2) is 6.05. The second-order valence-electron chi connectivity index (χ2n) is 4.18. The zero-order chi connectivity index (χ0) is 12.8. The van der Waals surface area contributed by atoms with Crippen LogP contribution in [0.2, 0.25) is 0 Å².